The number of fused-ring (bicyclic) bond motifs is 1. The van der Waals surface area contributed by atoms with E-state index in [1.165, 1.54) is 0 Å². The van der Waals surface area contributed by atoms with Gasteiger partial charge in [-0.3, -0.25) is 0 Å². The Hall–Kier alpha value is -3.68. The molecule has 0 saturated carbocycles. The van der Waals surface area contributed by atoms with Crippen molar-refractivity contribution in [3.8, 4) is 23.0 Å². The molecule has 0 saturated heterocycles. The van der Waals surface area contributed by atoms with E-state index < -0.39 is 0 Å². The van der Waals surface area contributed by atoms with Crippen molar-refractivity contribution in [1.29, 1.82) is 0 Å². The predicted octanol–water partition coefficient (Wildman–Crippen LogP) is 4.04. The van der Waals surface area contributed by atoms with Gasteiger partial charge in [-0.1, -0.05) is 12.1 Å². The molecule has 0 fully saturated rings. The average molecular weight is 408 g/mol. The Morgan fingerprint density at radius 2 is 1.80 bits per heavy atom. The summed E-state index contributed by atoms with van der Waals surface area (Å²) >= 11 is 0. The summed E-state index contributed by atoms with van der Waals surface area (Å²) in [6, 6.07) is 11.0. The van der Waals surface area contributed by atoms with Crippen LogP contribution in [-0.2, 0) is 6.42 Å². The molecule has 2 heterocycles. The molecule has 30 heavy (non-hydrogen) atoms. The Morgan fingerprint density at radius 1 is 1.03 bits per heavy atom. The Balaban J connectivity index is 1.66. The van der Waals surface area contributed by atoms with Gasteiger partial charge in [-0.25, -0.2) is 4.98 Å². The third kappa shape index (κ3) is 3.63. The van der Waals surface area contributed by atoms with Gasteiger partial charge in [-0.15, -0.1) is 0 Å². The maximum Gasteiger partial charge on any atom is 0.229 e. The Labute approximate surface area is 175 Å². The van der Waals surface area contributed by atoms with Crippen LogP contribution in [0.2, 0.25) is 0 Å². The van der Waals surface area contributed by atoms with Gasteiger partial charge < -0.3 is 29.5 Å². The summed E-state index contributed by atoms with van der Waals surface area (Å²) in [7, 11) is 4.70. The van der Waals surface area contributed by atoms with E-state index in [9.17, 15) is 5.11 Å². The van der Waals surface area contributed by atoms with Crippen molar-refractivity contribution in [2.75, 3.05) is 38.1 Å². The number of aromatic hydroxyl groups is 1. The number of phenolic OH excluding ortho intramolecular Hbond substituents is 1. The number of nitrogens with zero attached hydrogens (tertiary/aromatic N) is 3. The highest BCUT2D eigenvalue weighted by Crippen LogP contribution is 2.41. The van der Waals surface area contributed by atoms with Crippen LogP contribution in [0.15, 0.2) is 42.6 Å². The molecular weight excluding hydrogens is 384 g/mol. The average Bonchev–Trinajstić information content (AvgIpc) is 2.78. The number of rotatable bonds is 6. The molecule has 1 aliphatic rings. The largest absolute Gasteiger partial charge is 0.506 e. The molecule has 2 N–H and O–H groups in total. The standard InChI is InChI=1S/C22H24N4O4/c1-28-17-12-15(13-18(29-2)21(17)30-3)24-22-23-10-9-19(25-22)26-11-5-7-14-6-4-8-16(27)20(14)26/h4,6,8-10,12-13,27H,5,7,11H2,1-3H3,(H,23,24,25). The molecule has 4 rings (SSSR count). The normalized spacial score (nSPS) is 12.8. The van der Waals surface area contributed by atoms with Gasteiger partial charge >= 0.3 is 0 Å². The molecule has 0 spiro atoms. The van der Waals surface area contributed by atoms with Gasteiger partial charge in [-0.2, -0.15) is 4.98 Å². The van der Waals surface area contributed by atoms with Crippen LogP contribution < -0.4 is 24.4 Å². The second-order valence-electron chi connectivity index (χ2n) is 6.82. The number of aromatic nitrogens is 2. The fourth-order valence-electron chi connectivity index (χ4n) is 3.70. The summed E-state index contributed by atoms with van der Waals surface area (Å²) in [5.74, 6) is 2.97. The van der Waals surface area contributed by atoms with Gasteiger partial charge in [0, 0.05) is 30.6 Å². The summed E-state index contributed by atoms with van der Waals surface area (Å²) in [4.78, 5) is 11.0. The van der Waals surface area contributed by atoms with E-state index in [1.807, 2.05) is 23.1 Å². The Morgan fingerprint density at radius 3 is 2.50 bits per heavy atom. The number of methoxy groups -OCH3 is 3. The van der Waals surface area contributed by atoms with Crippen molar-refractivity contribution in [3.63, 3.8) is 0 Å². The lowest BCUT2D eigenvalue weighted by Crippen LogP contribution is -2.25. The van der Waals surface area contributed by atoms with Gasteiger partial charge in [-0.05, 0) is 30.5 Å². The van der Waals surface area contributed by atoms with Crippen LogP contribution >= 0.6 is 0 Å². The maximum absolute atomic E-state index is 10.4. The maximum atomic E-state index is 10.4. The summed E-state index contributed by atoms with van der Waals surface area (Å²) < 4.78 is 16.2. The van der Waals surface area contributed by atoms with Crippen LogP contribution in [0.5, 0.6) is 23.0 Å². The zero-order valence-electron chi connectivity index (χ0n) is 17.2. The topological polar surface area (TPSA) is 89.0 Å². The fraction of sp³-hybridized carbons (Fsp3) is 0.273. The fourth-order valence-corrected chi connectivity index (χ4v) is 3.70. The van der Waals surface area contributed by atoms with Crippen molar-refractivity contribution in [1.82, 2.24) is 9.97 Å². The first kappa shape index (κ1) is 19.6. The van der Waals surface area contributed by atoms with Crippen LogP contribution in [-0.4, -0.2) is 42.9 Å². The highest BCUT2D eigenvalue weighted by atomic mass is 16.5. The van der Waals surface area contributed by atoms with Crippen LogP contribution in [0.3, 0.4) is 0 Å². The third-order valence-corrected chi connectivity index (χ3v) is 5.03. The molecule has 156 valence electrons. The molecule has 1 aromatic heterocycles. The van der Waals surface area contributed by atoms with E-state index in [1.54, 1.807) is 45.7 Å². The SMILES string of the molecule is COc1cc(Nc2nccc(N3CCCc4cccc(O)c43)n2)cc(OC)c1OC. The van der Waals surface area contributed by atoms with E-state index >= 15 is 0 Å². The van der Waals surface area contributed by atoms with Gasteiger partial charge in [0.15, 0.2) is 11.5 Å². The second kappa shape index (κ2) is 8.36. The Bertz CT molecular complexity index is 1030. The molecule has 2 aromatic carbocycles. The van der Waals surface area contributed by atoms with Crippen molar-refractivity contribution in [3.05, 3.63) is 48.2 Å². The predicted molar refractivity (Wildman–Crippen MR) is 115 cm³/mol. The number of para-hydroxylation sites is 1. The molecule has 0 amide bonds. The van der Waals surface area contributed by atoms with Crippen molar-refractivity contribution < 1.29 is 19.3 Å². The van der Waals surface area contributed by atoms with Gasteiger partial charge in [0.1, 0.15) is 11.6 Å². The number of ether oxygens (including phenoxy) is 3. The van der Waals surface area contributed by atoms with Crippen LogP contribution in [0.25, 0.3) is 0 Å². The number of anilines is 4. The molecule has 1 aliphatic heterocycles. The second-order valence-corrected chi connectivity index (χ2v) is 6.82. The van der Waals surface area contributed by atoms with E-state index in [4.69, 9.17) is 14.2 Å². The lowest BCUT2D eigenvalue weighted by molar-refractivity contribution is 0.324. The van der Waals surface area contributed by atoms with E-state index in [2.05, 4.69) is 15.3 Å². The van der Waals surface area contributed by atoms with Crippen molar-refractivity contribution in [2.45, 2.75) is 12.8 Å². The van der Waals surface area contributed by atoms with E-state index in [-0.39, 0.29) is 5.75 Å². The minimum atomic E-state index is 0.255. The zero-order chi connectivity index (χ0) is 21.1. The molecule has 3 aromatic rings. The first-order chi connectivity index (χ1) is 14.6. The molecule has 0 atom stereocenters. The first-order valence-electron chi connectivity index (χ1n) is 9.63. The van der Waals surface area contributed by atoms with Crippen LogP contribution in [0.4, 0.5) is 23.1 Å². The number of aryl methyl sites for hydroxylation is 1. The lowest BCUT2D eigenvalue weighted by atomic mass is 10.0. The number of hydrogen-bond acceptors (Lipinski definition) is 8. The summed E-state index contributed by atoms with van der Waals surface area (Å²) in [6.45, 7) is 0.769. The summed E-state index contributed by atoms with van der Waals surface area (Å²) in [5.41, 5.74) is 2.61. The third-order valence-electron chi connectivity index (χ3n) is 5.03. The highest BCUT2D eigenvalue weighted by molar-refractivity contribution is 5.72. The monoisotopic (exact) mass is 408 g/mol. The molecule has 0 unspecified atom stereocenters. The number of benzene rings is 2. The number of phenols is 1. The summed E-state index contributed by atoms with van der Waals surface area (Å²) in [6.07, 6.45) is 3.61. The molecule has 0 radical (unpaired) electrons. The quantitative estimate of drug-likeness (QED) is 0.632. The van der Waals surface area contributed by atoms with Crippen molar-refractivity contribution in [2.24, 2.45) is 0 Å². The minimum Gasteiger partial charge on any atom is -0.506 e. The molecule has 8 heteroatoms. The summed E-state index contributed by atoms with van der Waals surface area (Å²) in [5, 5.41) is 13.6. The molecule has 0 bridgehead atoms. The van der Waals surface area contributed by atoms with Gasteiger partial charge in [0.25, 0.3) is 0 Å². The smallest absolute Gasteiger partial charge is 0.229 e. The highest BCUT2D eigenvalue weighted by Gasteiger charge is 2.23. The first-order valence-corrected chi connectivity index (χ1v) is 9.63. The molecular formula is C22H24N4O4. The van der Waals surface area contributed by atoms with Gasteiger partial charge in [0.05, 0.1) is 27.0 Å². The van der Waals surface area contributed by atoms with E-state index in [0.717, 1.165) is 30.6 Å². The van der Waals surface area contributed by atoms with Crippen LogP contribution in [0.1, 0.15) is 12.0 Å². The van der Waals surface area contributed by atoms with Crippen molar-refractivity contribution >= 4 is 23.1 Å². The Kier molecular flexibility index (Phi) is 5.47. The van der Waals surface area contributed by atoms with Crippen LogP contribution in [0, 0.1) is 0 Å². The number of nitrogens with one attached hydrogen (secondary N) is 1. The molecule has 8 nitrogen and oxygen atoms in total. The zero-order valence-corrected chi connectivity index (χ0v) is 17.2. The minimum absolute atomic E-state index is 0.255. The van der Waals surface area contributed by atoms with E-state index in [0.29, 0.717) is 34.7 Å². The molecule has 0 aliphatic carbocycles. The van der Waals surface area contributed by atoms with Gasteiger partial charge in [0.2, 0.25) is 11.7 Å². The number of hydrogen-bond donors (Lipinski definition) is 2. The lowest BCUT2D eigenvalue weighted by Gasteiger charge is -2.31.